The molecule has 0 radical (unpaired) electrons. The smallest absolute Gasteiger partial charge is 0.227 e. The van der Waals surface area contributed by atoms with Crippen LogP contribution in [0.15, 0.2) is 30.3 Å². The number of carbonyl (C=O) groups is 1. The van der Waals surface area contributed by atoms with Gasteiger partial charge in [-0.3, -0.25) is 9.69 Å². The minimum Gasteiger partial charge on any atom is -0.335 e. The number of carbonyl (C=O) groups excluding carboxylic acids is 1. The van der Waals surface area contributed by atoms with Gasteiger partial charge in [0.25, 0.3) is 0 Å². The predicted molar refractivity (Wildman–Crippen MR) is 78.1 cm³/mol. The maximum absolute atomic E-state index is 12.5. The van der Waals surface area contributed by atoms with Gasteiger partial charge in [-0.25, -0.2) is 0 Å². The molecule has 3 heteroatoms. The number of benzene rings is 1. The largest absolute Gasteiger partial charge is 0.335 e. The van der Waals surface area contributed by atoms with E-state index < -0.39 is 0 Å². The quantitative estimate of drug-likeness (QED) is 0.831. The molecule has 0 spiro atoms. The van der Waals surface area contributed by atoms with Crippen LogP contribution in [0.2, 0.25) is 0 Å². The Morgan fingerprint density at radius 2 is 1.89 bits per heavy atom. The number of piperazine rings is 1. The normalized spacial score (nSPS) is 19.4. The summed E-state index contributed by atoms with van der Waals surface area (Å²) in [7, 11) is 0. The summed E-state index contributed by atoms with van der Waals surface area (Å²) in [5.41, 5.74) is 1.03. The van der Waals surface area contributed by atoms with Crippen LogP contribution in [0.5, 0.6) is 0 Å². The average Bonchev–Trinajstić information content (AvgIpc) is 2.38. The Balaban J connectivity index is 2.03. The molecule has 1 aliphatic heterocycles. The van der Waals surface area contributed by atoms with E-state index >= 15 is 0 Å². The Morgan fingerprint density at radius 3 is 2.47 bits per heavy atom. The average molecular weight is 260 g/mol. The first-order chi connectivity index (χ1) is 9.03. The lowest BCUT2D eigenvalue weighted by Crippen LogP contribution is -2.61. The third-order valence-corrected chi connectivity index (χ3v) is 3.93. The number of hydrogen-bond donors (Lipinski definition) is 0. The van der Waals surface area contributed by atoms with Crippen molar-refractivity contribution >= 4 is 5.91 Å². The van der Waals surface area contributed by atoms with Gasteiger partial charge in [-0.15, -0.1) is 0 Å². The molecule has 0 aliphatic carbocycles. The SMILES string of the molecule is CCN1CCN(C(=O)Cc2ccccc2)C(C)(C)C1. The standard InChI is InChI=1S/C16H24N2O/c1-4-17-10-11-18(16(2,3)13-17)15(19)12-14-8-6-5-7-9-14/h5-9H,4,10-13H2,1-3H3. The molecule has 0 bridgehead atoms. The van der Waals surface area contributed by atoms with Crippen LogP contribution in [0.4, 0.5) is 0 Å². The molecule has 1 saturated heterocycles. The van der Waals surface area contributed by atoms with Crippen LogP contribution < -0.4 is 0 Å². The molecule has 19 heavy (non-hydrogen) atoms. The second-order valence-electron chi connectivity index (χ2n) is 5.89. The van der Waals surface area contributed by atoms with E-state index in [1.807, 2.05) is 35.2 Å². The fraction of sp³-hybridized carbons (Fsp3) is 0.562. The number of amides is 1. The molecule has 3 nitrogen and oxygen atoms in total. The lowest BCUT2D eigenvalue weighted by molar-refractivity contribution is -0.139. The van der Waals surface area contributed by atoms with E-state index in [9.17, 15) is 4.79 Å². The van der Waals surface area contributed by atoms with Gasteiger partial charge in [-0.05, 0) is 26.0 Å². The van der Waals surface area contributed by atoms with Gasteiger partial charge in [-0.2, -0.15) is 0 Å². The molecule has 1 heterocycles. The van der Waals surface area contributed by atoms with E-state index in [4.69, 9.17) is 0 Å². The van der Waals surface area contributed by atoms with E-state index in [0.717, 1.165) is 31.7 Å². The third-order valence-electron chi connectivity index (χ3n) is 3.93. The molecule has 1 fully saturated rings. The second-order valence-corrected chi connectivity index (χ2v) is 5.89. The van der Waals surface area contributed by atoms with Crippen molar-refractivity contribution in [2.75, 3.05) is 26.2 Å². The van der Waals surface area contributed by atoms with Crippen molar-refractivity contribution < 1.29 is 4.79 Å². The highest BCUT2D eigenvalue weighted by Crippen LogP contribution is 2.21. The Kier molecular flexibility index (Phi) is 4.25. The lowest BCUT2D eigenvalue weighted by atomic mass is 9.97. The van der Waals surface area contributed by atoms with Crippen LogP contribution in [0, 0.1) is 0 Å². The van der Waals surface area contributed by atoms with Crippen LogP contribution in [0.25, 0.3) is 0 Å². The molecular weight excluding hydrogens is 236 g/mol. The predicted octanol–water partition coefficient (Wildman–Crippen LogP) is 2.17. The molecule has 1 amide bonds. The maximum Gasteiger partial charge on any atom is 0.227 e. The summed E-state index contributed by atoms with van der Waals surface area (Å²) in [6.07, 6.45) is 0.510. The topological polar surface area (TPSA) is 23.6 Å². The van der Waals surface area contributed by atoms with Gasteiger partial charge < -0.3 is 4.90 Å². The Hall–Kier alpha value is -1.35. The van der Waals surface area contributed by atoms with Crippen LogP contribution in [0.3, 0.4) is 0 Å². The van der Waals surface area contributed by atoms with Crippen LogP contribution in [-0.2, 0) is 11.2 Å². The minimum atomic E-state index is -0.0693. The van der Waals surface area contributed by atoms with Crippen LogP contribution in [-0.4, -0.2) is 47.4 Å². The molecule has 2 rings (SSSR count). The highest BCUT2D eigenvalue weighted by atomic mass is 16.2. The molecular formula is C16H24N2O. The fourth-order valence-electron chi connectivity index (χ4n) is 2.85. The molecule has 1 aromatic carbocycles. The molecule has 0 atom stereocenters. The zero-order chi connectivity index (χ0) is 13.9. The van der Waals surface area contributed by atoms with Crippen molar-refractivity contribution in [3.05, 3.63) is 35.9 Å². The zero-order valence-corrected chi connectivity index (χ0v) is 12.2. The first-order valence-corrected chi connectivity index (χ1v) is 7.09. The summed E-state index contributed by atoms with van der Waals surface area (Å²) in [5.74, 6) is 0.243. The Morgan fingerprint density at radius 1 is 1.21 bits per heavy atom. The van der Waals surface area contributed by atoms with Gasteiger partial charge in [0.15, 0.2) is 0 Å². The summed E-state index contributed by atoms with van der Waals surface area (Å²) in [5, 5.41) is 0. The first-order valence-electron chi connectivity index (χ1n) is 7.09. The summed E-state index contributed by atoms with van der Waals surface area (Å²) in [6.45, 7) is 10.4. The number of nitrogens with zero attached hydrogens (tertiary/aromatic N) is 2. The Labute approximate surface area is 116 Å². The molecule has 0 aromatic heterocycles. The summed E-state index contributed by atoms with van der Waals surface area (Å²) in [4.78, 5) is 16.9. The second kappa shape index (κ2) is 5.74. The van der Waals surface area contributed by atoms with E-state index in [-0.39, 0.29) is 11.4 Å². The molecule has 0 saturated carbocycles. The first kappa shape index (κ1) is 14.1. The summed E-state index contributed by atoms with van der Waals surface area (Å²) >= 11 is 0. The van der Waals surface area contributed by atoms with E-state index in [1.54, 1.807) is 0 Å². The fourth-order valence-corrected chi connectivity index (χ4v) is 2.85. The Bertz CT molecular complexity index is 428. The van der Waals surface area contributed by atoms with Gasteiger partial charge in [0.05, 0.1) is 6.42 Å². The number of rotatable bonds is 3. The van der Waals surface area contributed by atoms with Gasteiger partial charge in [0, 0.05) is 25.2 Å². The molecule has 0 unspecified atom stereocenters. The van der Waals surface area contributed by atoms with Gasteiger partial charge in [-0.1, -0.05) is 37.3 Å². The lowest BCUT2D eigenvalue weighted by Gasteiger charge is -2.47. The van der Waals surface area contributed by atoms with Crippen molar-refractivity contribution in [1.29, 1.82) is 0 Å². The van der Waals surface area contributed by atoms with Crippen LogP contribution in [0.1, 0.15) is 26.3 Å². The minimum absolute atomic E-state index is 0.0693. The summed E-state index contributed by atoms with van der Waals surface area (Å²) in [6, 6.07) is 10.0. The number of likely N-dealkylation sites (N-methyl/N-ethyl adjacent to an activating group) is 1. The molecule has 0 N–H and O–H groups in total. The van der Waals surface area contributed by atoms with E-state index in [0.29, 0.717) is 6.42 Å². The maximum atomic E-state index is 12.5. The van der Waals surface area contributed by atoms with Crippen molar-refractivity contribution in [2.24, 2.45) is 0 Å². The monoisotopic (exact) mass is 260 g/mol. The highest BCUT2D eigenvalue weighted by Gasteiger charge is 2.35. The third kappa shape index (κ3) is 3.35. The van der Waals surface area contributed by atoms with Crippen molar-refractivity contribution in [1.82, 2.24) is 9.80 Å². The zero-order valence-electron chi connectivity index (χ0n) is 12.2. The van der Waals surface area contributed by atoms with Crippen molar-refractivity contribution in [2.45, 2.75) is 32.7 Å². The van der Waals surface area contributed by atoms with Crippen molar-refractivity contribution in [3.63, 3.8) is 0 Å². The van der Waals surface area contributed by atoms with Crippen molar-refractivity contribution in [3.8, 4) is 0 Å². The molecule has 104 valence electrons. The van der Waals surface area contributed by atoms with Gasteiger partial charge in [0.2, 0.25) is 5.91 Å². The molecule has 1 aliphatic rings. The van der Waals surface area contributed by atoms with E-state index in [2.05, 4.69) is 25.7 Å². The summed E-state index contributed by atoms with van der Waals surface area (Å²) < 4.78 is 0. The van der Waals surface area contributed by atoms with E-state index in [1.165, 1.54) is 0 Å². The molecule has 1 aromatic rings. The van der Waals surface area contributed by atoms with Gasteiger partial charge >= 0.3 is 0 Å². The van der Waals surface area contributed by atoms with Gasteiger partial charge in [0.1, 0.15) is 0 Å². The van der Waals surface area contributed by atoms with Crippen LogP contribution >= 0.6 is 0 Å². The number of hydrogen-bond acceptors (Lipinski definition) is 2. The highest BCUT2D eigenvalue weighted by molar-refractivity contribution is 5.79.